The number of sulfonamides is 1. The number of carbonyl (C=O) groups is 1. The van der Waals surface area contributed by atoms with E-state index in [1.807, 2.05) is 0 Å². The van der Waals surface area contributed by atoms with Crippen molar-refractivity contribution in [3.63, 3.8) is 0 Å². The van der Waals surface area contributed by atoms with E-state index in [1.165, 1.54) is 21.3 Å². The number of hydrogen-bond acceptors (Lipinski definition) is 4. The van der Waals surface area contributed by atoms with Crippen LogP contribution in [0.3, 0.4) is 0 Å². The molecule has 1 aliphatic rings. The number of nitrogens with one attached hydrogen (secondary N) is 1. The number of benzene rings is 1. The maximum absolute atomic E-state index is 13.8. The summed E-state index contributed by atoms with van der Waals surface area (Å²) in [7, 11) is -3.24. The lowest BCUT2D eigenvalue weighted by molar-refractivity contribution is -0.120. The van der Waals surface area contributed by atoms with Crippen LogP contribution in [-0.4, -0.2) is 47.8 Å². The highest BCUT2D eigenvalue weighted by atomic mass is 35.5. The number of anilines is 1. The average molecular weight is 415 g/mol. The van der Waals surface area contributed by atoms with Gasteiger partial charge in [-0.15, -0.1) is 0 Å². The van der Waals surface area contributed by atoms with Gasteiger partial charge in [-0.25, -0.2) is 17.1 Å². The van der Waals surface area contributed by atoms with Gasteiger partial charge in [0.25, 0.3) is 0 Å². The minimum Gasteiger partial charge on any atom is -0.308 e. The van der Waals surface area contributed by atoms with Gasteiger partial charge in [0, 0.05) is 30.8 Å². The number of piperidine rings is 1. The standard InChI is InChI=1S/C17H20ClFN4O3S/c1-27(25,26)23-8-6-12(7-9-23)17(24)20-16-14(18)11-22(21-16)10-13-4-2-3-5-15(13)19/h2-5,11-12H,6-10H2,1H3,(H,20,21,24). The van der Waals surface area contributed by atoms with Crippen molar-refractivity contribution in [1.29, 1.82) is 0 Å². The molecule has 146 valence electrons. The predicted molar refractivity (Wildman–Crippen MR) is 101 cm³/mol. The van der Waals surface area contributed by atoms with Crippen molar-refractivity contribution in [3.05, 3.63) is 46.9 Å². The van der Waals surface area contributed by atoms with Gasteiger partial charge < -0.3 is 5.32 Å². The highest BCUT2D eigenvalue weighted by Gasteiger charge is 2.29. The molecule has 1 aliphatic heterocycles. The summed E-state index contributed by atoms with van der Waals surface area (Å²) in [5, 5.41) is 7.16. The highest BCUT2D eigenvalue weighted by molar-refractivity contribution is 7.88. The fourth-order valence-corrected chi connectivity index (χ4v) is 4.10. The summed E-state index contributed by atoms with van der Waals surface area (Å²) in [6.45, 7) is 0.813. The number of halogens is 2. The summed E-state index contributed by atoms with van der Waals surface area (Å²) in [5.41, 5.74) is 0.461. The van der Waals surface area contributed by atoms with Crippen molar-refractivity contribution in [3.8, 4) is 0 Å². The van der Waals surface area contributed by atoms with E-state index in [1.54, 1.807) is 18.2 Å². The van der Waals surface area contributed by atoms with Gasteiger partial charge in [-0.1, -0.05) is 29.8 Å². The zero-order valence-electron chi connectivity index (χ0n) is 14.7. The lowest BCUT2D eigenvalue weighted by Crippen LogP contribution is -2.40. The molecule has 0 radical (unpaired) electrons. The smallest absolute Gasteiger partial charge is 0.228 e. The molecule has 3 rings (SSSR count). The van der Waals surface area contributed by atoms with E-state index >= 15 is 0 Å². The second kappa shape index (κ2) is 7.95. The normalized spacial score (nSPS) is 16.4. The van der Waals surface area contributed by atoms with Gasteiger partial charge >= 0.3 is 0 Å². The fraction of sp³-hybridized carbons (Fsp3) is 0.412. The summed E-state index contributed by atoms with van der Waals surface area (Å²) >= 11 is 6.14. The Balaban J connectivity index is 1.62. The Hall–Kier alpha value is -1.97. The van der Waals surface area contributed by atoms with Crippen LogP contribution in [0.4, 0.5) is 10.2 Å². The minimum absolute atomic E-state index is 0.189. The second-order valence-electron chi connectivity index (χ2n) is 6.54. The summed E-state index contributed by atoms with van der Waals surface area (Å²) in [6, 6.07) is 6.36. The van der Waals surface area contributed by atoms with E-state index < -0.39 is 10.0 Å². The Morgan fingerprint density at radius 2 is 2.00 bits per heavy atom. The molecule has 1 N–H and O–H groups in total. The quantitative estimate of drug-likeness (QED) is 0.813. The van der Waals surface area contributed by atoms with Crippen molar-refractivity contribution < 1.29 is 17.6 Å². The SMILES string of the molecule is CS(=O)(=O)N1CCC(C(=O)Nc2nn(Cc3ccccc3F)cc2Cl)CC1. The third kappa shape index (κ3) is 4.85. The molecule has 10 heteroatoms. The van der Waals surface area contributed by atoms with Crippen LogP contribution in [0.25, 0.3) is 0 Å². The van der Waals surface area contributed by atoms with E-state index in [0.717, 1.165) is 6.26 Å². The second-order valence-corrected chi connectivity index (χ2v) is 8.93. The largest absolute Gasteiger partial charge is 0.308 e. The van der Waals surface area contributed by atoms with E-state index in [-0.39, 0.29) is 35.0 Å². The van der Waals surface area contributed by atoms with Crippen molar-refractivity contribution in [2.24, 2.45) is 5.92 Å². The molecule has 27 heavy (non-hydrogen) atoms. The first kappa shape index (κ1) is 19.8. The fourth-order valence-electron chi connectivity index (χ4n) is 3.03. The summed E-state index contributed by atoms with van der Waals surface area (Å²) < 4.78 is 39.7. The molecule has 7 nitrogen and oxygen atoms in total. The number of rotatable bonds is 5. The van der Waals surface area contributed by atoms with E-state index in [2.05, 4.69) is 10.4 Å². The Morgan fingerprint density at radius 3 is 2.63 bits per heavy atom. The van der Waals surface area contributed by atoms with Gasteiger partial charge in [0.15, 0.2) is 5.82 Å². The molecule has 2 aromatic rings. The average Bonchev–Trinajstić information content (AvgIpc) is 2.95. The molecule has 0 bridgehead atoms. The van der Waals surface area contributed by atoms with Crippen molar-refractivity contribution >= 4 is 33.3 Å². The molecule has 2 heterocycles. The van der Waals surface area contributed by atoms with Crippen molar-refractivity contribution in [2.45, 2.75) is 19.4 Å². The maximum atomic E-state index is 13.8. The monoisotopic (exact) mass is 414 g/mol. The van der Waals surface area contributed by atoms with Crippen LogP contribution in [0.1, 0.15) is 18.4 Å². The molecule has 1 saturated heterocycles. The molecule has 1 amide bonds. The number of nitrogens with zero attached hydrogens (tertiary/aromatic N) is 3. The Morgan fingerprint density at radius 1 is 1.33 bits per heavy atom. The van der Waals surface area contributed by atoms with Crippen LogP contribution < -0.4 is 5.32 Å². The van der Waals surface area contributed by atoms with E-state index in [4.69, 9.17) is 11.6 Å². The molecule has 1 aromatic heterocycles. The van der Waals surface area contributed by atoms with Gasteiger partial charge in [-0.2, -0.15) is 5.10 Å². The third-order valence-electron chi connectivity index (χ3n) is 4.54. The molecule has 0 unspecified atom stereocenters. The zero-order chi connectivity index (χ0) is 19.6. The molecular formula is C17H20ClFN4O3S. The molecule has 0 spiro atoms. The van der Waals surface area contributed by atoms with E-state index in [9.17, 15) is 17.6 Å². The summed E-state index contributed by atoms with van der Waals surface area (Å²) in [6.07, 6.45) is 3.56. The Labute approximate surface area is 162 Å². The Bertz CT molecular complexity index is 939. The zero-order valence-corrected chi connectivity index (χ0v) is 16.3. The summed E-state index contributed by atoms with van der Waals surface area (Å²) in [5.74, 6) is -0.687. The van der Waals surface area contributed by atoms with Crippen LogP contribution in [0.5, 0.6) is 0 Å². The lowest BCUT2D eigenvalue weighted by atomic mass is 9.97. The van der Waals surface area contributed by atoms with Crippen LogP contribution >= 0.6 is 11.6 Å². The number of amides is 1. The molecule has 1 fully saturated rings. The maximum Gasteiger partial charge on any atom is 0.228 e. The minimum atomic E-state index is -3.24. The first-order chi connectivity index (χ1) is 12.7. The van der Waals surface area contributed by atoms with Crippen LogP contribution in [0.2, 0.25) is 5.02 Å². The first-order valence-corrected chi connectivity index (χ1v) is 10.7. The van der Waals surface area contributed by atoms with Crippen LogP contribution in [-0.2, 0) is 21.4 Å². The number of aromatic nitrogens is 2. The number of carbonyl (C=O) groups excluding carboxylic acids is 1. The predicted octanol–water partition coefficient (Wildman–Crippen LogP) is 2.33. The topological polar surface area (TPSA) is 84.3 Å². The molecular weight excluding hydrogens is 395 g/mol. The summed E-state index contributed by atoms with van der Waals surface area (Å²) in [4.78, 5) is 12.5. The van der Waals surface area contributed by atoms with Gasteiger partial charge in [-0.05, 0) is 18.9 Å². The van der Waals surface area contributed by atoms with Gasteiger partial charge in [0.05, 0.1) is 12.8 Å². The van der Waals surface area contributed by atoms with Crippen molar-refractivity contribution in [2.75, 3.05) is 24.7 Å². The van der Waals surface area contributed by atoms with Crippen LogP contribution in [0.15, 0.2) is 30.5 Å². The Kier molecular flexibility index (Phi) is 5.83. The van der Waals surface area contributed by atoms with E-state index in [0.29, 0.717) is 31.5 Å². The van der Waals surface area contributed by atoms with Crippen molar-refractivity contribution in [1.82, 2.24) is 14.1 Å². The lowest BCUT2D eigenvalue weighted by Gasteiger charge is -2.29. The first-order valence-electron chi connectivity index (χ1n) is 8.46. The number of hydrogen-bond donors (Lipinski definition) is 1. The van der Waals surface area contributed by atoms with Crippen LogP contribution in [0, 0.1) is 11.7 Å². The molecule has 0 saturated carbocycles. The highest BCUT2D eigenvalue weighted by Crippen LogP contribution is 2.24. The molecule has 1 aromatic carbocycles. The van der Waals surface area contributed by atoms with Gasteiger partial charge in [0.2, 0.25) is 15.9 Å². The molecule has 0 aliphatic carbocycles. The van der Waals surface area contributed by atoms with Gasteiger partial charge in [0.1, 0.15) is 10.8 Å². The molecule has 0 atom stereocenters. The third-order valence-corrected chi connectivity index (χ3v) is 6.12. The van der Waals surface area contributed by atoms with Gasteiger partial charge in [-0.3, -0.25) is 9.48 Å².